The molecule has 0 aromatic heterocycles. The van der Waals surface area contributed by atoms with Crippen LogP contribution < -0.4 is 0 Å². The van der Waals surface area contributed by atoms with E-state index in [2.05, 4.69) is 15.9 Å². The monoisotopic (exact) mass is 349 g/mol. The zero-order valence-corrected chi connectivity index (χ0v) is 13.2. The minimum absolute atomic E-state index is 0.0906. The van der Waals surface area contributed by atoms with Crippen LogP contribution in [-0.2, 0) is 14.8 Å². The van der Waals surface area contributed by atoms with Gasteiger partial charge < -0.3 is 5.11 Å². The van der Waals surface area contributed by atoms with Crippen LogP contribution in [0.5, 0.6) is 0 Å². The van der Waals surface area contributed by atoms with Crippen LogP contribution in [-0.4, -0.2) is 36.9 Å². The normalized spacial score (nSPS) is 11.8. The topological polar surface area (TPSA) is 74.7 Å². The first-order chi connectivity index (χ1) is 8.78. The number of nitrogens with zero attached hydrogens (tertiary/aromatic N) is 1. The van der Waals surface area contributed by atoms with Gasteiger partial charge in [0.1, 0.15) is 6.54 Å². The summed E-state index contributed by atoms with van der Waals surface area (Å²) in [5.74, 6) is -1.17. The van der Waals surface area contributed by atoms with Crippen molar-refractivity contribution in [3.05, 3.63) is 28.2 Å². The van der Waals surface area contributed by atoms with Gasteiger partial charge >= 0.3 is 5.97 Å². The average Bonchev–Trinajstić information content (AvgIpc) is 2.27. The van der Waals surface area contributed by atoms with Crippen molar-refractivity contribution in [1.82, 2.24) is 4.31 Å². The Bertz CT molecular complexity index is 571. The second-order valence-electron chi connectivity index (χ2n) is 4.17. The number of aryl methyl sites for hydroxylation is 1. The molecule has 0 bridgehead atoms. The van der Waals surface area contributed by atoms with E-state index in [0.29, 0.717) is 10.9 Å². The molecule has 19 heavy (non-hydrogen) atoms. The lowest BCUT2D eigenvalue weighted by Gasteiger charge is -2.20. The van der Waals surface area contributed by atoms with Gasteiger partial charge in [-0.2, -0.15) is 4.31 Å². The molecule has 0 saturated heterocycles. The smallest absolute Gasteiger partial charge is 0.318 e. The van der Waals surface area contributed by atoms with Gasteiger partial charge in [-0.05, 0) is 47.0 Å². The van der Waals surface area contributed by atoms with Gasteiger partial charge in [-0.1, -0.05) is 13.0 Å². The maximum atomic E-state index is 12.4. The van der Waals surface area contributed by atoms with E-state index < -0.39 is 22.5 Å². The Morgan fingerprint density at radius 3 is 2.53 bits per heavy atom. The van der Waals surface area contributed by atoms with Gasteiger partial charge in [0, 0.05) is 11.0 Å². The average molecular weight is 350 g/mol. The summed E-state index contributed by atoms with van der Waals surface area (Å²) in [6, 6.07) is 4.86. The Labute approximate surface area is 121 Å². The van der Waals surface area contributed by atoms with Gasteiger partial charge in [-0.25, -0.2) is 8.42 Å². The van der Waals surface area contributed by atoms with E-state index >= 15 is 0 Å². The summed E-state index contributed by atoms with van der Waals surface area (Å²) in [5.41, 5.74) is 0.922. The maximum Gasteiger partial charge on any atom is 0.318 e. The van der Waals surface area contributed by atoms with Gasteiger partial charge in [0.15, 0.2) is 0 Å². The Morgan fingerprint density at radius 1 is 1.42 bits per heavy atom. The number of hydrogen-bond donors (Lipinski definition) is 1. The number of sulfonamides is 1. The summed E-state index contributed by atoms with van der Waals surface area (Å²) in [6.45, 7) is 3.29. The van der Waals surface area contributed by atoms with Crippen molar-refractivity contribution in [1.29, 1.82) is 0 Å². The van der Waals surface area contributed by atoms with E-state index in [9.17, 15) is 13.2 Å². The summed E-state index contributed by atoms with van der Waals surface area (Å²) in [4.78, 5) is 10.9. The highest BCUT2D eigenvalue weighted by molar-refractivity contribution is 9.10. The lowest BCUT2D eigenvalue weighted by atomic mass is 10.2. The van der Waals surface area contributed by atoms with Crippen molar-refractivity contribution in [3.8, 4) is 0 Å². The molecule has 0 aliphatic rings. The Balaban J connectivity index is 3.22. The summed E-state index contributed by atoms with van der Waals surface area (Å²) >= 11 is 3.22. The lowest BCUT2D eigenvalue weighted by Crippen LogP contribution is -2.36. The highest BCUT2D eigenvalue weighted by Crippen LogP contribution is 2.26. The number of hydrogen-bond acceptors (Lipinski definition) is 3. The molecule has 0 unspecified atom stereocenters. The largest absolute Gasteiger partial charge is 0.480 e. The minimum Gasteiger partial charge on any atom is -0.480 e. The van der Waals surface area contributed by atoms with Crippen molar-refractivity contribution in [2.45, 2.75) is 25.2 Å². The first-order valence-electron chi connectivity index (χ1n) is 5.77. The molecule has 1 aromatic carbocycles. The summed E-state index contributed by atoms with van der Waals surface area (Å²) in [6.07, 6.45) is 0.552. The van der Waals surface area contributed by atoms with Crippen LogP contribution in [0.4, 0.5) is 0 Å². The quantitative estimate of drug-likeness (QED) is 0.854. The minimum atomic E-state index is -3.80. The van der Waals surface area contributed by atoms with Gasteiger partial charge in [0.25, 0.3) is 0 Å². The zero-order chi connectivity index (χ0) is 14.6. The highest BCUT2D eigenvalue weighted by Gasteiger charge is 2.27. The van der Waals surface area contributed by atoms with Crippen molar-refractivity contribution in [3.63, 3.8) is 0 Å². The van der Waals surface area contributed by atoms with Gasteiger partial charge in [0.05, 0.1) is 4.90 Å². The molecule has 0 amide bonds. The standard InChI is InChI=1S/C12H16BrNO4S/c1-3-6-14(8-12(15)16)19(17,18)11-5-4-9(2)7-10(11)13/h4-5,7H,3,6,8H2,1-2H3,(H,15,16). The van der Waals surface area contributed by atoms with Gasteiger partial charge in [-0.15, -0.1) is 0 Å². The van der Waals surface area contributed by atoms with Crippen molar-refractivity contribution in [2.24, 2.45) is 0 Å². The van der Waals surface area contributed by atoms with E-state index in [1.54, 1.807) is 19.1 Å². The van der Waals surface area contributed by atoms with Crippen molar-refractivity contribution in [2.75, 3.05) is 13.1 Å². The lowest BCUT2D eigenvalue weighted by molar-refractivity contribution is -0.137. The molecule has 0 radical (unpaired) electrons. The zero-order valence-electron chi connectivity index (χ0n) is 10.8. The van der Waals surface area contributed by atoms with Crippen LogP contribution in [0.2, 0.25) is 0 Å². The first-order valence-corrected chi connectivity index (χ1v) is 8.00. The fraction of sp³-hybridized carbons (Fsp3) is 0.417. The second kappa shape index (κ2) is 6.49. The molecule has 5 nitrogen and oxygen atoms in total. The second-order valence-corrected chi connectivity index (χ2v) is 6.93. The third-order valence-electron chi connectivity index (χ3n) is 2.49. The van der Waals surface area contributed by atoms with Crippen LogP contribution in [0, 0.1) is 6.92 Å². The van der Waals surface area contributed by atoms with Crippen LogP contribution >= 0.6 is 15.9 Å². The SMILES string of the molecule is CCCN(CC(=O)O)S(=O)(=O)c1ccc(C)cc1Br. The van der Waals surface area contributed by atoms with Crippen molar-refractivity contribution < 1.29 is 18.3 Å². The van der Waals surface area contributed by atoms with E-state index in [1.807, 2.05) is 6.92 Å². The van der Waals surface area contributed by atoms with E-state index in [0.717, 1.165) is 9.87 Å². The number of carbonyl (C=O) groups is 1. The summed E-state index contributed by atoms with van der Waals surface area (Å²) in [5, 5.41) is 8.82. The third kappa shape index (κ3) is 4.02. The van der Waals surface area contributed by atoms with E-state index in [1.165, 1.54) is 6.07 Å². The number of carboxylic acid groups (broad SMARTS) is 1. The van der Waals surface area contributed by atoms with Crippen LogP contribution in [0.3, 0.4) is 0 Å². The molecule has 1 N–H and O–H groups in total. The Hall–Kier alpha value is -0.920. The summed E-state index contributed by atoms with van der Waals surface area (Å²) < 4.78 is 26.3. The molecule has 1 rings (SSSR count). The fourth-order valence-electron chi connectivity index (χ4n) is 1.64. The maximum absolute atomic E-state index is 12.4. The number of aliphatic carboxylic acids is 1. The highest BCUT2D eigenvalue weighted by atomic mass is 79.9. The van der Waals surface area contributed by atoms with Crippen LogP contribution in [0.1, 0.15) is 18.9 Å². The van der Waals surface area contributed by atoms with Gasteiger partial charge in [-0.3, -0.25) is 4.79 Å². The predicted octanol–water partition coefficient (Wildman–Crippen LogP) is 2.24. The first kappa shape index (κ1) is 16.1. The number of halogens is 1. The molecule has 0 spiro atoms. The van der Waals surface area contributed by atoms with Gasteiger partial charge in [0.2, 0.25) is 10.0 Å². The molecule has 0 fully saturated rings. The molecular weight excluding hydrogens is 334 g/mol. The predicted molar refractivity (Wildman–Crippen MR) is 75.6 cm³/mol. The molecule has 106 valence electrons. The molecule has 0 heterocycles. The van der Waals surface area contributed by atoms with Crippen LogP contribution in [0.25, 0.3) is 0 Å². The number of rotatable bonds is 6. The number of benzene rings is 1. The molecule has 1 aromatic rings. The Morgan fingerprint density at radius 2 is 2.05 bits per heavy atom. The fourth-order valence-corrected chi connectivity index (χ4v) is 4.27. The Kier molecular flexibility index (Phi) is 5.51. The van der Waals surface area contributed by atoms with E-state index in [4.69, 9.17) is 5.11 Å². The van der Waals surface area contributed by atoms with Crippen molar-refractivity contribution >= 4 is 31.9 Å². The van der Waals surface area contributed by atoms with Crippen LogP contribution in [0.15, 0.2) is 27.6 Å². The molecule has 7 heteroatoms. The third-order valence-corrected chi connectivity index (χ3v) is 5.31. The molecule has 0 atom stereocenters. The molecule has 0 aliphatic carbocycles. The summed E-state index contributed by atoms with van der Waals surface area (Å²) in [7, 11) is -3.80. The number of carboxylic acids is 1. The molecule has 0 aliphatic heterocycles. The van der Waals surface area contributed by atoms with E-state index in [-0.39, 0.29) is 11.4 Å². The molecular formula is C12H16BrNO4S. The molecule has 0 saturated carbocycles.